The molecule has 1 aliphatic rings. The lowest BCUT2D eigenvalue weighted by atomic mass is 10.2. The molecule has 0 saturated carbocycles. The largest absolute Gasteiger partial charge is 0.469 e. The Kier molecular flexibility index (Phi) is 5.04. The number of methoxy groups -OCH3 is 1. The van der Waals surface area contributed by atoms with E-state index in [1.165, 1.54) is 19.4 Å². The van der Waals surface area contributed by atoms with E-state index in [1.54, 1.807) is 6.07 Å². The number of anilines is 1. The van der Waals surface area contributed by atoms with Crippen LogP contribution in [0.5, 0.6) is 0 Å². The molecule has 0 unspecified atom stereocenters. The SMILES string of the molecule is COC(=O)CCN1CCN(c2ccc([N+](=O)[O-])cn2)CC1. The highest BCUT2D eigenvalue weighted by Crippen LogP contribution is 2.17. The van der Waals surface area contributed by atoms with Gasteiger partial charge in [-0.05, 0) is 6.07 Å². The van der Waals surface area contributed by atoms with Gasteiger partial charge in [0.25, 0.3) is 5.69 Å². The molecule has 0 radical (unpaired) electrons. The zero-order valence-electron chi connectivity index (χ0n) is 11.9. The number of nitrogens with zero attached hydrogens (tertiary/aromatic N) is 4. The molecule has 2 rings (SSSR count). The highest BCUT2D eigenvalue weighted by molar-refractivity contribution is 5.69. The molecule has 0 bridgehead atoms. The first-order chi connectivity index (χ1) is 10.1. The average molecular weight is 294 g/mol. The van der Waals surface area contributed by atoms with E-state index in [0.717, 1.165) is 32.0 Å². The van der Waals surface area contributed by atoms with Crippen LogP contribution >= 0.6 is 0 Å². The van der Waals surface area contributed by atoms with Gasteiger partial charge in [-0.25, -0.2) is 4.98 Å². The molecule has 8 nitrogen and oxygen atoms in total. The Morgan fingerprint density at radius 2 is 2.10 bits per heavy atom. The molecule has 0 spiro atoms. The lowest BCUT2D eigenvalue weighted by Crippen LogP contribution is -2.47. The predicted molar refractivity (Wildman–Crippen MR) is 76.2 cm³/mol. The normalized spacial score (nSPS) is 15.8. The fourth-order valence-electron chi connectivity index (χ4n) is 2.23. The molecule has 1 saturated heterocycles. The molecule has 0 aliphatic carbocycles. The molecule has 114 valence electrons. The van der Waals surface area contributed by atoms with Crippen molar-refractivity contribution >= 4 is 17.5 Å². The predicted octanol–water partition coefficient (Wildman–Crippen LogP) is 0.675. The van der Waals surface area contributed by atoms with Gasteiger partial charge in [0.05, 0.1) is 18.5 Å². The summed E-state index contributed by atoms with van der Waals surface area (Å²) in [5.41, 5.74) is -0.00420. The molecule has 8 heteroatoms. The van der Waals surface area contributed by atoms with E-state index in [0.29, 0.717) is 13.0 Å². The number of pyridine rings is 1. The Morgan fingerprint density at radius 3 is 2.62 bits per heavy atom. The summed E-state index contributed by atoms with van der Waals surface area (Å²) in [7, 11) is 1.39. The zero-order valence-corrected chi connectivity index (χ0v) is 11.9. The quantitative estimate of drug-likeness (QED) is 0.448. The summed E-state index contributed by atoms with van der Waals surface area (Å²) in [5.74, 6) is 0.544. The number of nitro groups is 1. The van der Waals surface area contributed by atoms with E-state index in [2.05, 4.69) is 19.5 Å². The number of carbonyl (C=O) groups is 1. The van der Waals surface area contributed by atoms with Crippen molar-refractivity contribution in [2.75, 3.05) is 44.7 Å². The van der Waals surface area contributed by atoms with E-state index in [9.17, 15) is 14.9 Å². The minimum atomic E-state index is -0.457. The Labute approximate surface area is 122 Å². The third-order valence-corrected chi connectivity index (χ3v) is 3.50. The summed E-state index contributed by atoms with van der Waals surface area (Å²) in [4.78, 5) is 29.6. The van der Waals surface area contributed by atoms with Crippen molar-refractivity contribution < 1.29 is 14.5 Å². The van der Waals surface area contributed by atoms with Crippen LogP contribution in [-0.2, 0) is 9.53 Å². The van der Waals surface area contributed by atoms with Gasteiger partial charge in [-0.3, -0.25) is 19.8 Å². The standard InChI is InChI=1S/C13H18N4O4/c1-21-13(18)4-5-15-6-8-16(9-7-15)12-3-2-11(10-14-12)17(19)20/h2-3,10H,4-9H2,1H3. The minimum absolute atomic E-state index is 0.00420. The minimum Gasteiger partial charge on any atom is -0.469 e. The van der Waals surface area contributed by atoms with Crippen molar-refractivity contribution in [1.29, 1.82) is 0 Å². The summed E-state index contributed by atoms with van der Waals surface area (Å²) in [6.07, 6.45) is 1.67. The summed E-state index contributed by atoms with van der Waals surface area (Å²) in [6.45, 7) is 3.91. The number of piperazine rings is 1. The molecular formula is C13H18N4O4. The highest BCUT2D eigenvalue weighted by Gasteiger charge is 2.19. The van der Waals surface area contributed by atoms with Crippen LogP contribution in [0.15, 0.2) is 18.3 Å². The lowest BCUT2D eigenvalue weighted by Gasteiger charge is -2.35. The Morgan fingerprint density at radius 1 is 1.38 bits per heavy atom. The van der Waals surface area contributed by atoms with E-state index in [4.69, 9.17) is 0 Å². The molecule has 1 aromatic rings. The smallest absolute Gasteiger partial charge is 0.306 e. The molecule has 0 amide bonds. The van der Waals surface area contributed by atoms with Crippen LogP contribution in [0.25, 0.3) is 0 Å². The van der Waals surface area contributed by atoms with Crippen LogP contribution in [0.1, 0.15) is 6.42 Å². The van der Waals surface area contributed by atoms with Crippen molar-refractivity contribution in [3.05, 3.63) is 28.4 Å². The topological polar surface area (TPSA) is 88.8 Å². The van der Waals surface area contributed by atoms with Gasteiger partial charge in [-0.1, -0.05) is 0 Å². The monoisotopic (exact) mass is 294 g/mol. The fourth-order valence-corrected chi connectivity index (χ4v) is 2.23. The van der Waals surface area contributed by atoms with E-state index >= 15 is 0 Å². The summed E-state index contributed by atoms with van der Waals surface area (Å²) >= 11 is 0. The number of hydrogen-bond donors (Lipinski definition) is 0. The Balaban J connectivity index is 1.83. The van der Waals surface area contributed by atoms with Crippen LogP contribution in [-0.4, -0.2) is 60.6 Å². The van der Waals surface area contributed by atoms with E-state index in [-0.39, 0.29) is 11.7 Å². The van der Waals surface area contributed by atoms with Gasteiger partial charge in [0, 0.05) is 38.8 Å². The fraction of sp³-hybridized carbons (Fsp3) is 0.538. The number of esters is 1. The first kappa shape index (κ1) is 15.2. The van der Waals surface area contributed by atoms with E-state index < -0.39 is 4.92 Å². The molecule has 0 aromatic carbocycles. The van der Waals surface area contributed by atoms with E-state index in [1.807, 2.05) is 0 Å². The number of rotatable bonds is 5. The number of hydrogen-bond acceptors (Lipinski definition) is 7. The molecule has 0 atom stereocenters. The Hall–Kier alpha value is -2.22. The van der Waals surface area contributed by atoms with Gasteiger partial charge in [0.15, 0.2) is 0 Å². The summed E-state index contributed by atoms with van der Waals surface area (Å²) < 4.78 is 4.62. The number of aromatic nitrogens is 1. The second-order valence-corrected chi connectivity index (χ2v) is 4.79. The van der Waals surface area contributed by atoms with Crippen molar-refractivity contribution in [3.8, 4) is 0 Å². The van der Waals surface area contributed by atoms with Crippen LogP contribution < -0.4 is 4.90 Å². The van der Waals surface area contributed by atoms with Crippen LogP contribution in [0.3, 0.4) is 0 Å². The maximum Gasteiger partial charge on any atom is 0.306 e. The van der Waals surface area contributed by atoms with Gasteiger partial charge < -0.3 is 9.64 Å². The maximum atomic E-state index is 11.1. The molecule has 21 heavy (non-hydrogen) atoms. The number of ether oxygens (including phenoxy) is 1. The third kappa shape index (κ3) is 4.12. The summed E-state index contributed by atoms with van der Waals surface area (Å²) in [5, 5.41) is 10.6. The number of carbonyl (C=O) groups excluding carboxylic acids is 1. The molecule has 1 aliphatic heterocycles. The van der Waals surface area contributed by atoms with Gasteiger partial charge in [-0.15, -0.1) is 0 Å². The average Bonchev–Trinajstić information content (AvgIpc) is 2.53. The van der Waals surface area contributed by atoms with Crippen LogP contribution in [0, 0.1) is 10.1 Å². The lowest BCUT2D eigenvalue weighted by molar-refractivity contribution is -0.385. The first-order valence-electron chi connectivity index (χ1n) is 6.74. The third-order valence-electron chi connectivity index (χ3n) is 3.50. The van der Waals surface area contributed by atoms with Crippen molar-refractivity contribution in [2.45, 2.75) is 6.42 Å². The van der Waals surface area contributed by atoms with Crippen LogP contribution in [0.4, 0.5) is 11.5 Å². The van der Waals surface area contributed by atoms with Gasteiger partial charge in [0.2, 0.25) is 0 Å². The molecule has 1 fully saturated rings. The molecule has 0 N–H and O–H groups in total. The second-order valence-electron chi connectivity index (χ2n) is 4.79. The first-order valence-corrected chi connectivity index (χ1v) is 6.74. The molecular weight excluding hydrogens is 276 g/mol. The van der Waals surface area contributed by atoms with Gasteiger partial charge in [-0.2, -0.15) is 0 Å². The second kappa shape index (κ2) is 6.98. The van der Waals surface area contributed by atoms with Crippen molar-refractivity contribution in [3.63, 3.8) is 0 Å². The highest BCUT2D eigenvalue weighted by atomic mass is 16.6. The summed E-state index contributed by atoms with van der Waals surface area (Å²) in [6, 6.07) is 3.13. The zero-order chi connectivity index (χ0) is 15.2. The molecule has 1 aromatic heterocycles. The van der Waals surface area contributed by atoms with Gasteiger partial charge in [0.1, 0.15) is 12.0 Å². The maximum absolute atomic E-state index is 11.1. The van der Waals surface area contributed by atoms with Crippen molar-refractivity contribution in [2.24, 2.45) is 0 Å². The molecule has 2 heterocycles. The van der Waals surface area contributed by atoms with Crippen LogP contribution in [0.2, 0.25) is 0 Å². The van der Waals surface area contributed by atoms with Crippen molar-refractivity contribution in [1.82, 2.24) is 9.88 Å². The Bertz CT molecular complexity index is 497. The van der Waals surface area contributed by atoms with Gasteiger partial charge >= 0.3 is 5.97 Å².